The van der Waals surface area contributed by atoms with Crippen LogP contribution in [0.4, 0.5) is 0 Å². The normalized spacial score (nSPS) is 21.4. The summed E-state index contributed by atoms with van der Waals surface area (Å²) in [7, 11) is 0. The first-order valence-corrected chi connectivity index (χ1v) is 10.6. The molecule has 3 aromatic rings. The van der Waals surface area contributed by atoms with Crippen LogP contribution in [0.3, 0.4) is 0 Å². The van der Waals surface area contributed by atoms with Crippen LogP contribution in [0.25, 0.3) is 4.96 Å². The van der Waals surface area contributed by atoms with Crippen molar-refractivity contribution in [3.05, 3.63) is 69.1 Å². The van der Waals surface area contributed by atoms with E-state index >= 15 is 0 Å². The number of thiazole rings is 1. The fraction of sp³-hybridized carbons (Fsp3) is 0.429. The summed E-state index contributed by atoms with van der Waals surface area (Å²) in [6.07, 6.45) is 5.45. The van der Waals surface area contributed by atoms with E-state index in [0.717, 1.165) is 43.4 Å². The summed E-state index contributed by atoms with van der Waals surface area (Å²) in [5.74, 6) is 0. The van der Waals surface area contributed by atoms with Crippen LogP contribution in [-0.2, 0) is 19.4 Å². The molecule has 1 aliphatic heterocycles. The van der Waals surface area contributed by atoms with E-state index in [1.54, 1.807) is 16.7 Å². The number of rotatable bonds is 3. The lowest BCUT2D eigenvalue weighted by atomic mass is 9.87. The van der Waals surface area contributed by atoms with Crippen molar-refractivity contribution in [2.45, 2.75) is 31.8 Å². The Morgan fingerprint density at radius 2 is 1.93 bits per heavy atom. The Kier molecular flexibility index (Phi) is 4.55. The highest BCUT2D eigenvalue weighted by atomic mass is 32.1. The van der Waals surface area contributed by atoms with Crippen molar-refractivity contribution in [2.24, 2.45) is 0 Å². The van der Waals surface area contributed by atoms with E-state index in [9.17, 15) is 4.79 Å². The Balaban J connectivity index is 1.21. The predicted molar refractivity (Wildman–Crippen MR) is 108 cm³/mol. The molecule has 3 heterocycles. The van der Waals surface area contributed by atoms with Crippen LogP contribution in [0.2, 0.25) is 0 Å². The zero-order valence-corrected chi connectivity index (χ0v) is 16.2. The molecule has 27 heavy (non-hydrogen) atoms. The van der Waals surface area contributed by atoms with Crippen molar-refractivity contribution < 1.29 is 0 Å². The molecule has 0 amide bonds. The Morgan fingerprint density at radius 1 is 1.11 bits per heavy atom. The number of hydrogen-bond donors (Lipinski definition) is 0. The molecule has 0 N–H and O–H groups in total. The molecular formula is C21H24N4OS. The predicted octanol–water partition coefficient (Wildman–Crippen LogP) is 2.43. The molecule has 5 rings (SSSR count). The van der Waals surface area contributed by atoms with Gasteiger partial charge >= 0.3 is 0 Å². The quantitative estimate of drug-likeness (QED) is 0.700. The molecule has 2 aromatic heterocycles. The number of fused-ring (bicyclic) bond motifs is 2. The van der Waals surface area contributed by atoms with Crippen LogP contribution < -0.4 is 5.56 Å². The van der Waals surface area contributed by atoms with Gasteiger partial charge < -0.3 is 0 Å². The van der Waals surface area contributed by atoms with Crippen molar-refractivity contribution in [2.75, 3.05) is 26.2 Å². The molecule has 0 unspecified atom stereocenters. The molecule has 140 valence electrons. The molecule has 1 saturated heterocycles. The van der Waals surface area contributed by atoms with E-state index in [2.05, 4.69) is 39.0 Å². The van der Waals surface area contributed by atoms with Gasteiger partial charge in [-0.05, 0) is 30.4 Å². The Morgan fingerprint density at radius 3 is 2.78 bits per heavy atom. The van der Waals surface area contributed by atoms with Crippen molar-refractivity contribution in [3.63, 3.8) is 0 Å². The molecule has 0 saturated carbocycles. The Bertz CT molecular complexity index is 1000. The largest absolute Gasteiger partial charge is 0.298 e. The summed E-state index contributed by atoms with van der Waals surface area (Å²) in [5, 5.41) is 1.91. The molecule has 1 aromatic carbocycles. The molecule has 1 atom stereocenters. The third kappa shape index (κ3) is 3.45. The number of piperazine rings is 1. The third-order valence-electron chi connectivity index (χ3n) is 5.99. The summed E-state index contributed by atoms with van der Waals surface area (Å²) in [6, 6.07) is 11.3. The van der Waals surface area contributed by atoms with Gasteiger partial charge in [0.1, 0.15) is 0 Å². The first-order chi connectivity index (χ1) is 13.3. The number of nitrogens with zero attached hydrogens (tertiary/aromatic N) is 4. The van der Waals surface area contributed by atoms with E-state index in [4.69, 9.17) is 0 Å². The average Bonchev–Trinajstić information content (AvgIpc) is 3.17. The maximum atomic E-state index is 12.2. The number of aryl methyl sites for hydroxylation is 1. The maximum absolute atomic E-state index is 12.2. The Hall–Kier alpha value is -2.02. The zero-order chi connectivity index (χ0) is 18.2. The fourth-order valence-corrected chi connectivity index (χ4v) is 5.21. The second kappa shape index (κ2) is 7.19. The van der Waals surface area contributed by atoms with Crippen LogP contribution in [0.5, 0.6) is 0 Å². The van der Waals surface area contributed by atoms with Gasteiger partial charge in [-0.1, -0.05) is 24.3 Å². The summed E-state index contributed by atoms with van der Waals surface area (Å²) in [6.45, 7) is 5.07. The SMILES string of the molecule is O=c1cc(CN2CCN([C@H]3CCc4ccccc4C3)CC2)nc2sccn12. The Labute approximate surface area is 162 Å². The van der Waals surface area contributed by atoms with E-state index < -0.39 is 0 Å². The molecule has 1 aliphatic carbocycles. The second-order valence-corrected chi connectivity index (χ2v) is 8.49. The van der Waals surface area contributed by atoms with E-state index in [1.807, 2.05) is 5.38 Å². The van der Waals surface area contributed by atoms with Crippen molar-refractivity contribution in [1.82, 2.24) is 19.2 Å². The van der Waals surface area contributed by atoms with Crippen LogP contribution in [-0.4, -0.2) is 51.4 Å². The lowest BCUT2D eigenvalue weighted by molar-refractivity contribution is 0.0850. The van der Waals surface area contributed by atoms with Gasteiger partial charge in [0.05, 0.1) is 5.69 Å². The summed E-state index contributed by atoms with van der Waals surface area (Å²) in [5.41, 5.74) is 3.98. The first-order valence-electron chi connectivity index (χ1n) is 9.75. The van der Waals surface area contributed by atoms with Gasteiger partial charge in [-0.15, -0.1) is 11.3 Å². The summed E-state index contributed by atoms with van der Waals surface area (Å²) < 4.78 is 1.62. The van der Waals surface area contributed by atoms with Gasteiger partial charge in [-0.3, -0.25) is 19.0 Å². The van der Waals surface area contributed by atoms with E-state index in [-0.39, 0.29) is 5.56 Å². The summed E-state index contributed by atoms with van der Waals surface area (Å²) in [4.78, 5) is 22.7. The van der Waals surface area contributed by atoms with Crippen molar-refractivity contribution in [3.8, 4) is 0 Å². The highest BCUT2D eigenvalue weighted by Crippen LogP contribution is 2.25. The minimum atomic E-state index is 0.0238. The molecule has 5 nitrogen and oxygen atoms in total. The molecule has 0 spiro atoms. The van der Waals surface area contributed by atoms with Crippen LogP contribution >= 0.6 is 11.3 Å². The van der Waals surface area contributed by atoms with Crippen molar-refractivity contribution in [1.29, 1.82) is 0 Å². The standard InChI is InChI=1S/C21H24N4OS/c26-20-14-18(22-21-25(20)11-12-27-21)15-23-7-9-24(10-8-23)19-6-5-16-3-1-2-4-17(16)13-19/h1-4,11-12,14,19H,5-10,13,15H2/t19-/m0/s1. The molecule has 6 heteroatoms. The molecule has 0 bridgehead atoms. The highest BCUT2D eigenvalue weighted by molar-refractivity contribution is 7.15. The van der Waals surface area contributed by atoms with E-state index in [1.165, 1.54) is 41.7 Å². The first kappa shape index (κ1) is 17.1. The van der Waals surface area contributed by atoms with Gasteiger partial charge in [0, 0.05) is 56.4 Å². The average molecular weight is 381 g/mol. The van der Waals surface area contributed by atoms with Gasteiger partial charge in [-0.25, -0.2) is 4.98 Å². The minimum absolute atomic E-state index is 0.0238. The maximum Gasteiger partial charge on any atom is 0.258 e. The number of benzene rings is 1. The summed E-state index contributed by atoms with van der Waals surface area (Å²) >= 11 is 1.52. The van der Waals surface area contributed by atoms with Gasteiger partial charge in [0.2, 0.25) is 0 Å². The fourth-order valence-electron chi connectivity index (χ4n) is 4.47. The van der Waals surface area contributed by atoms with Crippen LogP contribution in [0.15, 0.2) is 46.7 Å². The topological polar surface area (TPSA) is 40.9 Å². The van der Waals surface area contributed by atoms with Gasteiger partial charge in [0.15, 0.2) is 4.96 Å². The highest BCUT2D eigenvalue weighted by Gasteiger charge is 2.27. The number of aromatic nitrogens is 2. The minimum Gasteiger partial charge on any atom is -0.298 e. The van der Waals surface area contributed by atoms with Gasteiger partial charge in [-0.2, -0.15) is 0 Å². The molecular weight excluding hydrogens is 356 g/mol. The lowest BCUT2D eigenvalue weighted by Crippen LogP contribution is -2.51. The van der Waals surface area contributed by atoms with Crippen LogP contribution in [0, 0.1) is 0 Å². The van der Waals surface area contributed by atoms with Crippen LogP contribution in [0.1, 0.15) is 23.2 Å². The molecule has 0 radical (unpaired) electrons. The zero-order valence-electron chi connectivity index (χ0n) is 15.4. The second-order valence-electron chi connectivity index (χ2n) is 7.62. The lowest BCUT2D eigenvalue weighted by Gasteiger charge is -2.41. The van der Waals surface area contributed by atoms with Gasteiger partial charge in [0.25, 0.3) is 5.56 Å². The monoisotopic (exact) mass is 380 g/mol. The molecule has 2 aliphatic rings. The third-order valence-corrected chi connectivity index (χ3v) is 6.74. The molecule has 1 fully saturated rings. The smallest absolute Gasteiger partial charge is 0.258 e. The van der Waals surface area contributed by atoms with E-state index in [0.29, 0.717) is 6.04 Å². The van der Waals surface area contributed by atoms with Crippen molar-refractivity contribution >= 4 is 16.3 Å². The number of hydrogen-bond acceptors (Lipinski definition) is 5.